The number of allylic oxidation sites excluding steroid dienone is 2. The molecule has 2 aromatic rings. The average Bonchev–Trinajstić information content (AvgIpc) is 2.69. The predicted molar refractivity (Wildman–Crippen MR) is 105 cm³/mol. The number of primary sulfonamides is 1. The van der Waals surface area contributed by atoms with Gasteiger partial charge in [-0.05, 0) is 55.0 Å². The zero-order chi connectivity index (χ0) is 23.9. The number of hydrogen-bond acceptors (Lipinski definition) is 4. The number of nitrogens with one attached hydrogen (secondary N) is 1. The third-order valence-electron chi connectivity index (χ3n) is 4.79. The van der Waals surface area contributed by atoms with Gasteiger partial charge in [0.25, 0.3) is 10.0 Å². The molecule has 0 fully saturated rings. The lowest BCUT2D eigenvalue weighted by atomic mass is 9.90. The highest BCUT2D eigenvalue weighted by Gasteiger charge is 2.44. The van der Waals surface area contributed by atoms with Gasteiger partial charge in [0.05, 0.1) is 10.5 Å². The summed E-state index contributed by atoms with van der Waals surface area (Å²) in [6.07, 6.45) is -2.16. The highest BCUT2D eigenvalue weighted by Crippen LogP contribution is 2.39. The Morgan fingerprint density at radius 2 is 1.59 bits per heavy atom. The quantitative estimate of drug-likeness (QED) is 0.622. The number of benzene rings is 2. The van der Waals surface area contributed by atoms with Gasteiger partial charge >= 0.3 is 6.18 Å². The van der Waals surface area contributed by atoms with E-state index in [1.54, 1.807) is 0 Å². The van der Waals surface area contributed by atoms with Crippen molar-refractivity contribution in [1.29, 1.82) is 0 Å². The zero-order valence-corrected chi connectivity index (χ0v) is 17.5. The third-order valence-corrected chi connectivity index (χ3v) is 7.73. The summed E-state index contributed by atoms with van der Waals surface area (Å²) in [6.45, 7) is 0. The first kappa shape index (κ1) is 23.9. The summed E-state index contributed by atoms with van der Waals surface area (Å²) in [5, 5.41) is 5.28. The first-order chi connectivity index (χ1) is 14.7. The minimum absolute atomic E-state index is 0.138. The van der Waals surface area contributed by atoms with E-state index in [0.29, 0.717) is 18.2 Å². The molecular formula is C19H15F5N2O4S2. The van der Waals surface area contributed by atoms with E-state index in [2.05, 4.69) is 4.72 Å². The Kier molecular flexibility index (Phi) is 5.95. The summed E-state index contributed by atoms with van der Waals surface area (Å²) in [5.74, 6) is -1.94. The first-order valence-corrected chi connectivity index (χ1v) is 11.8. The number of hydrogen-bond donors (Lipinski definition) is 2. The predicted octanol–water partition coefficient (Wildman–Crippen LogP) is 3.29. The summed E-state index contributed by atoms with van der Waals surface area (Å²) in [6, 6.07) is 4.91. The van der Waals surface area contributed by atoms with Crippen molar-refractivity contribution in [3.05, 3.63) is 89.2 Å². The van der Waals surface area contributed by atoms with Crippen LogP contribution in [0.25, 0.3) is 0 Å². The van der Waals surface area contributed by atoms with E-state index in [4.69, 9.17) is 5.14 Å². The Labute approximate surface area is 180 Å². The molecule has 0 heterocycles. The Balaban J connectivity index is 1.91. The molecule has 2 aromatic carbocycles. The van der Waals surface area contributed by atoms with E-state index in [1.165, 1.54) is 0 Å². The molecule has 1 aliphatic rings. The summed E-state index contributed by atoms with van der Waals surface area (Å²) in [5.41, 5.74) is -1.73. The van der Waals surface area contributed by atoms with Crippen LogP contribution in [0.15, 0.2) is 71.3 Å². The topological polar surface area (TPSA) is 106 Å². The van der Waals surface area contributed by atoms with Crippen molar-refractivity contribution in [1.82, 2.24) is 4.72 Å². The number of sulfonamides is 2. The Morgan fingerprint density at radius 3 is 2.09 bits per heavy atom. The van der Waals surface area contributed by atoms with Gasteiger partial charge in [0.2, 0.25) is 10.0 Å². The van der Waals surface area contributed by atoms with Gasteiger partial charge in [-0.15, -0.1) is 0 Å². The second kappa shape index (κ2) is 7.98. The molecule has 0 saturated heterocycles. The highest BCUT2D eigenvalue weighted by molar-refractivity contribution is 7.90. The Bertz CT molecular complexity index is 1320. The molecule has 6 nitrogen and oxygen atoms in total. The monoisotopic (exact) mass is 494 g/mol. The van der Waals surface area contributed by atoms with Crippen molar-refractivity contribution in [3.63, 3.8) is 0 Å². The van der Waals surface area contributed by atoms with Gasteiger partial charge in [-0.25, -0.2) is 30.8 Å². The van der Waals surface area contributed by atoms with E-state index < -0.39 is 65.0 Å². The van der Waals surface area contributed by atoms with Crippen LogP contribution in [0.4, 0.5) is 22.0 Å². The fourth-order valence-electron chi connectivity index (χ4n) is 3.12. The van der Waals surface area contributed by atoms with Crippen molar-refractivity contribution in [3.8, 4) is 0 Å². The Hall–Kier alpha value is -2.77. The lowest BCUT2D eigenvalue weighted by Crippen LogP contribution is -2.41. The smallest absolute Gasteiger partial charge is 0.280 e. The van der Waals surface area contributed by atoms with Crippen LogP contribution in [0, 0.1) is 11.6 Å². The minimum atomic E-state index is -4.65. The molecule has 1 unspecified atom stereocenters. The molecule has 13 heteroatoms. The summed E-state index contributed by atoms with van der Waals surface area (Å²) in [4.78, 5) is -0.473. The molecule has 0 aliphatic heterocycles. The van der Waals surface area contributed by atoms with Crippen molar-refractivity contribution in [2.75, 3.05) is 0 Å². The van der Waals surface area contributed by atoms with Crippen molar-refractivity contribution < 1.29 is 38.8 Å². The third kappa shape index (κ3) is 4.54. The van der Waals surface area contributed by atoms with Gasteiger partial charge in [0, 0.05) is 11.3 Å². The van der Waals surface area contributed by atoms with Crippen molar-refractivity contribution in [2.24, 2.45) is 5.14 Å². The number of nitrogens with two attached hydrogens (primary N) is 1. The number of halogens is 5. The van der Waals surface area contributed by atoms with E-state index >= 15 is 0 Å². The van der Waals surface area contributed by atoms with Crippen LogP contribution in [0.3, 0.4) is 0 Å². The molecular weight excluding hydrogens is 479 g/mol. The second-order valence-corrected chi connectivity index (χ2v) is 10.4. The van der Waals surface area contributed by atoms with Gasteiger partial charge in [0.15, 0.2) is 0 Å². The fourth-order valence-corrected chi connectivity index (χ4v) is 5.23. The van der Waals surface area contributed by atoms with Gasteiger partial charge in [-0.2, -0.15) is 13.2 Å². The molecule has 172 valence electrons. The van der Waals surface area contributed by atoms with Crippen LogP contribution < -0.4 is 9.86 Å². The Morgan fingerprint density at radius 1 is 0.969 bits per heavy atom. The summed E-state index contributed by atoms with van der Waals surface area (Å²) >= 11 is 0. The van der Waals surface area contributed by atoms with Crippen LogP contribution >= 0.6 is 0 Å². The SMILES string of the molecule is NS(=O)(=O)C1(c2cc(F)ccc2F)C=CC(NS(=O)(=O)c2ccc(C(F)(F)F)cc2)=CC1. The van der Waals surface area contributed by atoms with Gasteiger partial charge in [-0.1, -0.05) is 12.2 Å². The second-order valence-electron chi connectivity index (χ2n) is 6.88. The summed E-state index contributed by atoms with van der Waals surface area (Å²) < 4.78 is 115. The molecule has 0 bridgehead atoms. The van der Waals surface area contributed by atoms with E-state index in [9.17, 15) is 38.8 Å². The molecule has 0 radical (unpaired) electrons. The van der Waals surface area contributed by atoms with E-state index in [0.717, 1.165) is 42.5 Å². The van der Waals surface area contributed by atoms with Crippen LogP contribution in [0.1, 0.15) is 17.5 Å². The van der Waals surface area contributed by atoms with Crippen molar-refractivity contribution >= 4 is 20.0 Å². The standard InChI is InChI=1S/C19H15F5N2O4S2/c20-13-3-6-17(21)16(11-13)18(32(25,29)30)9-7-14(8-10-18)26-31(27,28)15-4-1-12(2-5-15)19(22,23)24/h1-9,11,26H,10H2,(H2,25,29,30). The first-order valence-electron chi connectivity index (χ1n) is 8.73. The molecule has 0 saturated carbocycles. The normalized spacial score (nSPS) is 19.5. The molecule has 0 aromatic heterocycles. The molecule has 1 atom stereocenters. The lowest BCUT2D eigenvalue weighted by molar-refractivity contribution is -0.137. The maximum atomic E-state index is 14.3. The van der Waals surface area contributed by atoms with Crippen LogP contribution in [0.5, 0.6) is 0 Å². The molecule has 0 spiro atoms. The van der Waals surface area contributed by atoms with E-state index in [1.807, 2.05) is 0 Å². The average molecular weight is 494 g/mol. The number of alkyl halides is 3. The van der Waals surface area contributed by atoms with Crippen LogP contribution in [-0.4, -0.2) is 16.8 Å². The van der Waals surface area contributed by atoms with Gasteiger partial charge in [-0.3, -0.25) is 4.72 Å². The van der Waals surface area contributed by atoms with Crippen LogP contribution in [0.2, 0.25) is 0 Å². The number of rotatable bonds is 5. The molecule has 3 rings (SSSR count). The highest BCUT2D eigenvalue weighted by atomic mass is 32.2. The van der Waals surface area contributed by atoms with Crippen LogP contribution in [-0.2, 0) is 31.0 Å². The zero-order valence-electron chi connectivity index (χ0n) is 15.9. The largest absolute Gasteiger partial charge is 0.416 e. The minimum Gasteiger partial charge on any atom is -0.280 e. The fraction of sp³-hybridized carbons (Fsp3) is 0.158. The molecule has 3 N–H and O–H groups in total. The summed E-state index contributed by atoms with van der Waals surface area (Å²) in [7, 11) is -8.87. The maximum absolute atomic E-state index is 14.3. The van der Waals surface area contributed by atoms with E-state index in [-0.39, 0.29) is 5.70 Å². The van der Waals surface area contributed by atoms with Gasteiger partial charge < -0.3 is 0 Å². The lowest BCUT2D eigenvalue weighted by Gasteiger charge is -2.31. The maximum Gasteiger partial charge on any atom is 0.416 e. The molecule has 32 heavy (non-hydrogen) atoms. The molecule has 1 aliphatic carbocycles. The molecule has 0 amide bonds. The van der Waals surface area contributed by atoms with Gasteiger partial charge in [0.1, 0.15) is 16.4 Å². The van der Waals surface area contributed by atoms with Crippen molar-refractivity contribution in [2.45, 2.75) is 22.2 Å².